The maximum absolute atomic E-state index is 12.4. The van der Waals surface area contributed by atoms with Gasteiger partial charge in [-0.15, -0.1) is 11.6 Å². The highest BCUT2D eigenvalue weighted by Crippen LogP contribution is 2.23. The van der Waals surface area contributed by atoms with Crippen molar-refractivity contribution in [1.29, 1.82) is 0 Å². The lowest BCUT2D eigenvalue weighted by Crippen LogP contribution is -2.38. The molecule has 1 aliphatic heterocycles. The molecule has 1 aromatic rings. The molecule has 4 nitrogen and oxygen atoms in total. The van der Waals surface area contributed by atoms with Crippen molar-refractivity contribution in [2.75, 3.05) is 26.2 Å². The van der Waals surface area contributed by atoms with Crippen LogP contribution < -0.4 is 0 Å². The van der Waals surface area contributed by atoms with Gasteiger partial charge in [-0.25, -0.2) is 0 Å². The number of halogens is 1. The Morgan fingerprint density at radius 2 is 1.65 bits per heavy atom. The van der Waals surface area contributed by atoms with Crippen molar-refractivity contribution < 1.29 is 9.59 Å². The topological polar surface area (TPSA) is 40.6 Å². The quantitative estimate of drug-likeness (QED) is 0.783. The van der Waals surface area contributed by atoms with Gasteiger partial charge in [0.15, 0.2) is 0 Å². The minimum atomic E-state index is -0.653. The standard InChI is InChI=1S/C15H19ClN2O2/c1-12(19)17-8-5-9-18(11-10-17)15(20)14(16)13-6-3-2-4-7-13/h2-4,6-7,14H,5,8-11H2,1H3. The van der Waals surface area contributed by atoms with Crippen molar-refractivity contribution in [1.82, 2.24) is 9.80 Å². The Morgan fingerprint density at radius 3 is 2.30 bits per heavy atom. The van der Waals surface area contributed by atoms with Crippen LogP contribution in [0.5, 0.6) is 0 Å². The number of hydrogen-bond acceptors (Lipinski definition) is 2. The predicted octanol–water partition coefficient (Wildman–Crippen LogP) is 2.05. The molecule has 0 aromatic heterocycles. The molecule has 1 heterocycles. The van der Waals surface area contributed by atoms with Crippen LogP contribution in [0.2, 0.25) is 0 Å². The van der Waals surface area contributed by atoms with Crippen LogP contribution in [-0.4, -0.2) is 47.8 Å². The molecule has 0 aliphatic carbocycles. The number of nitrogens with zero attached hydrogens (tertiary/aromatic N) is 2. The summed E-state index contributed by atoms with van der Waals surface area (Å²) in [6, 6.07) is 9.36. The van der Waals surface area contributed by atoms with Gasteiger partial charge in [0.1, 0.15) is 5.38 Å². The minimum Gasteiger partial charge on any atom is -0.341 e. The van der Waals surface area contributed by atoms with E-state index in [9.17, 15) is 9.59 Å². The summed E-state index contributed by atoms with van der Waals surface area (Å²) in [6.07, 6.45) is 0.795. The van der Waals surface area contributed by atoms with Gasteiger partial charge in [-0.3, -0.25) is 9.59 Å². The van der Waals surface area contributed by atoms with Crippen molar-refractivity contribution in [2.24, 2.45) is 0 Å². The summed E-state index contributed by atoms with van der Waals surface area (Å²) < 4.78 is 0. The highest BCUT2D eigenvalue weighted by molar-refractivity contribution is 6.30. The van der Waals surface area contributed by atoms with Crippen LogP contribution in [0.15, 0.2) is 30.3 Å². The first-order valence-corrected chi connectivity index (χ1v) is 7.26. The number of hydrogen-bond donors (Lipinski definition) is 0. The third kappa shape index (κ3) is 3.51. The van der Waals surface area contributed by atoms with Crippen LogP contribution in [-0.2, 0) is 9.59 Å². The Morgan fingerprint density at radius 1 is 1.05 bits per heavy atom. The fourth-order valence-corrected chi connectivity index (χ4v) is 2.66. The first kappa shape index (κ1) is 14.9. The monoisotopic (exact) mass is 294 g/mol. The second kappa shape index (κ2) is 6.75. The average Bonchev–Trinajstić information content (AvgIpc) is 2.72. The van der Waals surface area contributed by atoms with E-state index in [1.54, 1.807) is 16.7 Å². The van der Waals surface area contributed by atoms with Crippen LogP contribution in [0.3, 0.4) is 0 Å². The number of benzene rings is 1. The molecule has 0 radical (unpaired) electrons. The average molecular weight is 295 g/mol. The van der Waals surface area contributed by atoms with Crippen LogP contribution in [0, 0.1) is 0 Å². The Bertz CT molecular complexity index is 478. The molecule has 2 rings (SSSR count). The molecule has 1 fully saturated rings. The lowest BCUT2D eigenvalue weighted by atomic mass is 10.1. The largest absolute Gasteiger partial charge is 0.341 e. The highest BCUT2D eigenvalue weighted by Gasteiger charge is 2.26. The van der Waals surface area contributed by atoms with Crippen molar-refractivity contribution in [3.8, 4) is 0 Å². The van der Waals surface area contributed by atoms with E-state index < -0.39 is 5.38 Å². The van der Waals surface area contributed by atoms with E-state index in [0.717, 1.165) is 12.0 Å². The zero-order chi connectivity index (χ0) is 14.5. The van der Waals surface area contributed by atoms with E-state index in [-0.39, 0.29) is 11.8 Å². The van der Waals surface area contributed by atoms with E-state index in [1.807, 2.05) is 30.3 Å². The minimum absolute atomic E-state index is 0.0600. The number of alkyl halides is 1. The SMILES string of the molecule is CC(=O)N1CCCN(C(=O)C(Cl)c2ccccc2)CC1. The Balaban J connectivity index is 2.01. The molecule has 2 amide bonds. The molecule has 1 saturated heterocycles. The Hall–Kier alpha value is -1.55. The number of rotatable bonds is 2. The Labute approximate surface area is 124 Å². The molecule has 5 heteroatoms. The van der Waals surface area contributed by atoms with Gasteiger partial charge in [0.2, 0.25) is 11.8 Å². The molecule has 1 unspecified atom stereocenters. The number of carbonyl (C=O) groups excluding carboxylic acids is 2. The third-order valence-electron chi connectivity index (χ3n) is 3.56. The van der Waals surface area contributed by atoms with Crippen molar-refractivity contribution in [2.45, 2.75) is 18.7 Å². The van der Waals surface area contributed by atoms with Crippen LogP contribution >= 0.6 is 11.6 Å². The molecule has 0 saturated carbocycles. The summed E-state index contributed by atoms with van der Waals surface area (Å²) in [7, 11) is 0. The van der Waals surface area contributed by atoms with Gasteiger partial charge in [-0.05, 0) is 12.0 Å². The molecule has 0 bridgehead atoms. The van der Waals surface area contributed by atoms with Crippen LogP contribution in [0.4, 0.5) is 0 Å². The number of amides is 2. The van der Waals surface area contributed by atoms with Crippen LogP contribution in [0.25, 0.3) is 0 Å². The van der Waals surface area contributed by atoms with Gasteiger partial charge in [0.05, 0.1) is 0 Å². The van der Waals surface area contributed by atoms with Crippen LogP contribution in [0.1, 0.15) is 24.3 Å². The summed E-state index contributed by atoms with van der Waals surface area (Å²) in [5, 5.41) is -0.653. The third-order valence-corrected chi connectivity index (χ3v) is 4.00. The molecular weight excluding hydrogens is 276 g/mol. The summed E-state index contributed by atoms with van der Waals surface area (Å²) >= 11 is 6.27. The van der Waals surface area contributed by atoms with Crippen molar-refractivity contribution in [3.05, 3.63) is 35.9 Å². The molecule has 1 atom stereocenters. The van der Waals surface area contributed by atoms with Gasteiger partial charge in [0.25, 0.3) is 0 Å². The highest BCUT2D eigenvalue weighted by atomic mass is 35.5. The van der Waals surface area contributed by atoms with Gasteiger partial charge in [0, 0.05) is 33.1 Å². The molecule has 0 spiro atoms. The molecule has 20 heavy (non-hydrogen) atoms. The maximum atomic E-state index is 12.4. The lowest BCUT2D eigenvalue weighted by Gasteiger charge is -2.23. The molecular formula is C15H19ClN2O2. The fourth-order valence-electron chi connectivity index (χ4n) is 2.38. The summed E-state index contributed by atoms with van der Waals surface area (Å²) in [5.41, 5.74) is 0.812. The zero-order valence-electron chi connectivity index (χ0n) is 11.6. The predicted molar refractivity (Wildman–Crippen MR) is 78.5 cm³/mol. The summed E-state index contributed by atoms with van der Waals surface area (Å²) in [5.74, 6) is -0.0203. The van der Waals surface area contributed by atoms with Crippen molar-refractivity contribution >= 4 is 23.4 Å². The summed E-state index contributed by atoms with van der Waals surface area (Å²) in [4.78, 5) is 27.3. The van der Waals surface area contributed by atoms with Gasteiger partial charge in [-0.1, -0.05) is 30.3 Å². The second-order valence-corrected chi connectivity index (χ2v) is 5.39. The molecule has 1 aromatic carbocycles. The molecule has 0 N–H and O–H groups in total. The van der Waals surface area contributed by atoms with Gasteiger partial charge in [-0.2, -0.15) is 0 Å². The van der Waals surface area contributed by atoms with Gasteiger partial charge < -0.3 is 9.80 Å². The normalized spacial score (nSPS) is 17.5. The smallest absolute Gasteiger partial charge is 0.245 e. The summed E-state index contributed by atoms with van der Waals surface area (Å²) in [6.45, 7) is 4.05. The molecule has 1 aliphatic rings. The zero-order valence-corrected chi connectivity index (χ0v) is 12.3. The van der Waals surface area contributed by atoms with E-state index in [1.165, 1.54) is 0 Å². The number of carbonyl (C=O) groups is 2. The fraction of sp³-hybridized carbons (Fsp3) is 0.467. The van der Waals surface area contributed by atoms with E-state index in [2.05, 4.69) is 0 Å². The molecule has 108 valence electrons. The van der Waals surface area contributed by atoms with Gasteiger partial charge >= 0.3 is 0 Å². The first-order valence-electron chi connectivity index (χ1n) is 6.83. The van der Waals surface area contributed by atoms with E-state index in [4.69, 9.17) is 11.6 Å². The lowest BCUT2D eigenvalue weighted by molar-refractivity contribution is -0.132. The maximum Gasteiger partial charge on any atom is 0.245 e. The van der Waals surface area contributed by atoms with Crippen molar-refractivity contribution in [3.63, 3.8) is 0 Å². The second-order valence-electron chi connectivity index (χ2n) is 4.96. The Kier molecular flexibility index (Phi) is 5.01. The van der Waals surface area contributed by atoms with E-state index >= 15 is 0 Å². The van der Waals surface area contributed by atoms with E-state index in [0.29, 0.717) is 26.2 Å². The first-order chi connectivity index (χ1) is 9.59.